The second kappa shape index (κ2) is 6.20. The number of amides is 1. The lowest BCUT2D eigenvalue weighted by Crippen LogP contribution is -2.62. The molecule has 2 fully saturated rings. The van der Waals surface area contributed by atoms with Gasteiger partial charge in [0.2, 0.25) is 5.91 Å². The molecule has 19 heavy (non-hydrogen) atoms. The van der Waals surface area contributed by atoms with Gasteiger partial charge < -0.3 is 16.0 Å². The summed E-state index contributed by atoms with van der Waals surface area (Å²) in [5, 5.41) is 3.35. The first-order valence-electron chi connectivity index (χ1n) is 7.56. The summed E-state index contributed by atoms with van der Waals surface area (Å²) in [5.41, 5.74) is 5.39. The van der Waals surface area contributed by atoms with Gasteiger partial charge in [-0.2, -0.15) is 0 Å². The van der Waals surface area contributed by atoms with Crippen LogP contribution in [0.4, 0.5) is 0 Å². The Kier molecular flexibility index (Phi) is 4.81. The molecule has 0 aromatic rings. The Morgan fingerprint density at radius 1 is 1.16 bits per heavy atom. The van der Waals surface area contributed by atoms with Gasteiger partial charge in [-0.15, -0.1) is 0 Å². The molecular weight excluding hydrogens is 240 g/mol. The number of rotatable bonds is 3. The first-order chi connectivity index (χ1) is 9.06. The quantitative estimate of drug-likeness (QED) is 0.757. The Hall–Kier alpha value is -0.650. The molecule has 0 bridgehead atoms. The van der Waals surface area contributed by atoms with Crippen LogP contribution in [-0.4, -0.2) is 66.6 Å². The molecule has 1 atom stereocenters. The third-order valence-electron chi connectivity index (χ3n) is 4.76. The van der Waals surface area contributed by atoms with Crippen molar-refractivity contribution in [3.63, 3.8) is 0 Å². The van der Waals surface area contributed by atoms with Crippen molar-refractivity contribution < 1.29 is 4.79 Å². The van der Waals surface area contributed by atoms with Gasteiger partial charge >= 0.3 is 0 Å². The molecule has 2 rings (SSSR count). The number of carbonyl (C=O) groups excluding carboxylic acids is 1. The van der Waals surface area contributed by atoms with Crippen LogP contribution in [0.15, 0.2) is 0 Å². The Morgan fingerprint density at radius 2 is 1.84 bits per heavy atom. The van der Waals surface area contributed by atoms with Crippen molar-refractivity contribution in [2.24, 2.45) is 5.73 Å². The lowest BCUT2D eigenvalue weighted by atomic mass is 9.87. The zero-order chi connectivity index (χ0) is 13.9. The second-order valence-corrected chi connectivity index (χ2v) is 6.12. The number of likely N-dealkylation sites (tertiary alicyclic amines) is 1. The van der Waals surface area contributed by atoms with E-state index in [-0.39, 0.29) is 5.91 Å². The molecule has 110 valence electrons. The SMILES string of the molecule is CC(C)N1CCCC(C(N)=O)(N2CCNCC2)CC1. The number of piperazine rings is 1. The van der Waals surface area contributed by atoms with Crippen LogP contribution >= 0.6 is 0 Å². The molecule has 5 heteroatoms. The van der Waals surface area contributed by atoms with Crippen molar-refractivity contribution in [1.29, 1.82) is 0 Å². The van der Waals surface area contributed by atoms with Gasteiger partial charge in [0, 0.05) is 38.8 Å². The Balaban J connectivity index is 2.12. The minimum atomic E-state index is -0.411. The maximum absolute atomic E-state index is 12.1. The number of nitrogens with zero attached hydrogens (tertiary/aromatic N) is 2. The molecule has 3 N–H and O–H groups in total. The van der Waals surface area contributed by atoms with Gasteiger partial charge in [0.25, 0.3) is 0 Å². The predicted octanol–water partition coefficient (Wildman–Crippen LogP) is 0.0100. The Morgan fingerprint density at radius 3 is 2.42 bits per heavy atom. The standard InChI is InChI=1S/C14H28N4O/c1-12(2)17-8-3-4-14(5-9-17,13(15)19)18-10-6-16-7-11-18/h12,16H,3-11H2,1-2H3,(H2,15,19). The van der Waals surface area contributed by atoms with Crippen molar-refractivity contribution in [2.45, 2.75) is 44.7 Å². The normalized spacial score (nSPS) is 31.3. The Labute approximate surface area is 116 Å². The fraction of sp³-hybridized carbons (Fsp3) is 0.929. The van der Waals surface area contributed by atoms with E-state index in [2.05, 4.69) is 29.0 Å². The topological polar surface area (TPSA) is 61.6 Å². The van der Waals surface area contributed by atoms with Crippen molar-refractivity contribution in [2.75, 3.05) is 39.3 Å². The van der Waals surface area contributed by atoms with E-state index in [1.165, 1.54) is 0 Å². The average molecular weight is 268 g/mol. The smallest absolute Gasteiger partial charge is 0.238 e. The highest BCUT2D eigenvalue weighted by Crippen LogP contribution is 2.29. The third kappa shape index (κ3) is 3.09. The number of carbonyl (C=O) groups is 1. The lowest BCUT2D eigenvalue weighted by Gasteiger charge is -2.43. The van der Waals surface area contributed by atoms with Gasteiger partial charge in [0.05, 0.1) is 0 Å². The number of hydrogen-bond acceptors (Lipinski definition) is 4. The zero-order valence-corrected chi connectivity index (χ0v) is 12.3. The van der Waals surface area contributed by atoms with Gasteiger partial charge in [0.15, 0.2) is 0 Å². The third-order valence-corrected chi connectivity index (χ3v) is 4.76. The van der Waals surface area contributed by atoms with Gasteiger partial charge in [-0.25, -0.2) is 0 Å². The van der Waals surface area contributed by atoms with Crippen LogP contribution in [0.1, 0.15) is 33.1 Å². The number of nitrogens with two attached hydrogens (primary N) is 1. The predicted molar refractivity (Wildman–Crippen MR) is 76.9 cm³/mol. The fourth-order valence-corrected chi connectivity index (χ4v) is 3.47. The molecular formula is C14H28N4O. The fourth-order valence-electron chi connectivity index (χ4n) is 3.47. The summed E-state index contributed by atoms with van der Waals surface area (Å²) in [5.74, 6) is -0.125. The number of nitrogens with one attached hydrogen (secondary N) is 1. The largest absolute Gasteiger partial charge is 0.368 e. The maximum Gasteiger partial charge on any atom is 0.238 e. The van der Waals surface area contributed by atoms with E-state index in [9.17, 15) is 4.79 Å². The van der Waals surface area contributed by atoms with Crippen LogP contribution in [-0.2, 0) is 4.79 Å². The van der Waals surface area contributed by atoms with E-state index in [1.807, 2.05) is 0 Å². The van der Waals surface area contributed by atoms with E-state index in [0.29, 0.717) is 6.04 Å². The van der Waals surface area contributed by atoms with Gasteiger partial charge in [0.1, 0.15) is 5.54 Å². The van der Waals surface area contributed by atoms with Gasteiger partial charge in [-0.3, -0.25) is 9.69 Å². The molecule has 0 aliphatic carbocycles. The molecule has 2 heterocycles. The molecule has 0 aromatic carbocycles. The van der Waals surface area contributed by atoms with Crippen molar-refractivity contribution >= 4 is 5.91 Å². The summed E-state index contributed by atoms with van der Waals surface area (Å²) < 4.78 is 0. The van der Waals surface area contributed by atoms with Crippen molar-refractivity contribution in [3.8, 4) is 0 Å². The number of primary amides is 1. The second-order valence-electron chi connectivity index (χ2n) is 6.12. The highest BCUT2D eigenvalue weighted by Gasteiger charge is 2.43. The zero-order valence-electron chi connectivity index (χ0n) is 12.3. The van der Waals surface area contributed by atoms with Crippen molar-refractivity contribution in [3.05, 3.63) is 0 Å². The molecule has 2 saturated heterocycles. The molecule has 0 aromatic heterocycles. The van der Waals surface area contributed by atoms with Crippen LogP contribution in [0.2, 0.25) is 0 Å². The van der Waals surface area contributed by atoms with Crippen LogP contribution in [0.3, 0.4) is 0 Å². The van der Waals surface area contributed by atoms with Gasteiger partial charge in [-0.1, -0.05) is 0 Å². The van der Waals surface area contributed by atoms with Crippen molar-refractivity contribution in [1.82, 2.24) is 15.1 Å². The molecule has 5 nitrogen and oxygen atoms in total. The monoisotopic (exact) mass is 268 g/mol. The minimum absolute atomic E-state index is 0.125. The summed E-state index contributed by atoms with van der Waals surface area (Å²) in [6.07, 6.45) is 2.84. The van der Waals surface area contributed by atoms with Gasteiger partial charge in [-0.05, 0) is 39.7 Å². The average Bonchev–Trinajstić information content (AvgIpc) is 2.63. The van der Waals surface area contributed by atoms with E-state index in [4.69, 9.17) is 5.73 Å². The summed E-state index contributed by atoms with van der Waals surface area (Å²) in [6.45, 7) is 10.3. The highest BCUT2D eigenvalue weighted by atomic mass is 16.1. The van der Waals surface area contributed by atoms with E-state index in [0.717, 1.165) is 58.5 Å². The van der Waals surface area contributed by atoms with E-state index >= 15 is 0 Å². The first kappa shape index (κ1) is 14.8. The molecule has 2 aliphatic heterocycles. The summed E-state index contributed by atoms with van der Waals surface area (Å²) >= 11 is 0. The molecule has 1 amide bonds. The molecule has 0 radical (unpaired) electrons. The molecule has 0 spiro atoms. The summed E-state index contributed by atoms with van der Waals surface area (Å²) in [6, 6.07) is 0.548. The van der Waals surface area contributed by atoms with Crippen LogP contribution in [0, 0.1) is 0 Å². The maximum atomic E-state index is 12.1. The lowest BCUT2D eigenvalue weighted by molar-refractivity contribution is -0.132. The van der Waals surface area contributed by atoms with Crippen LogP contribution in [0.5, 0.6) is 0 Å². The first-order valence-corrected chi connectivity index (χ1v) is 7.56. The number of hydrogen-bond donors (Lipinski definition) is 2. The molecule has 0 saturated carbocycles. The molecule has 1 unspecified atom stereocenters. The Bertz CT molecular complexity index is 315. The van der Waals surface area contributed by atoms with E-state index in [1.54, 1.807) is 0 Å². The minimum Gasteiger partial charge on any atom is -0.368 e. The van der Waals surface area contributed by atoms with Crippen LogP contribution < -0.4 is 11.1 Å². The summed E-state index contributed by atoms with van der Waals surface area (Å²) in [7, 11) is 0. The highest BCUT2D eigenvalue weighted by molar-refractivity contribution is 5.84. The van der Waals surface area contributed by atoms with E-state index < -0.39 is 5.54 Å². The van der Waals surface area contributed by atoms with Crippen LogP contribution in [0.25, 0.3) is 0 Å². The summed E-state index contributed by atoms with van der Waals surface area (Å²) in [4.78, 5) is 16.9. The molecule has 2 aliphatic rings.